The van der Waals surface area contributed by atoms with E-state index in [1.165, 1.54) is 38.4 Å². The number of benzene rings is 1. The molecule has 0 aromatic heterocycles. The van der Waals surface area contributed by atoms with Crippen LogP contribution in [-0.2, 0) is 0 Å². The van der Waals surface area contributed by atoms with Crippen molar-refractivity contribution in [1.29, 1.82) is 0 Å². The van der Waals surface area contributed by atoms with E-state index in [0.29, 0.717) is 0 Å². The molecular formula is C15H23N3O. The second-order valence-corrected chi connectivity index (χ2v) is 5.51. The molecule has 1 aromatic rings. The van der Waals surface area contributed by atoms with Gasteiger partial charge in [-0.3, -0.25) is 4.90 Å². The molecular weight excluding hydrogens is 238 g/mol. The van der Waals surface area contributed by atoms with Crippen LogP contribution in [0.5, 0.6) is 5.75 Å². The van der Waals surface area contributed by atoms with Gasteiger partial charge in [-0.2, -0.15) is 0 Å². The molecule has 3 rings (SSSR count). The predicted molar refractivity (Wildman–Crippen MR) is 78.0 cm³/mol. The molecule has 0 bridgehead atoms. The van der Waals surface area contributed by atoms with Crippen LogP contribution in [0.2, 0.25) is 0 Å². The molecule has 2 aliphatic rings. The molecule has 2 aliphatic heterocycles. The van der Waals surface area contributed by atoms with Gasteiger partial charge in [-0.25, -0.2) is 0 Å². The van der Waals surface area contributed by atoms with Gasteiger partial charge in [0.05, 0.1) is 7.11 Å². The van der Waals surface area contributed by atoms with E-state index in [1.807, 2.05) is 6.07 Å². The first-order valence-electron chi connectivity index (χ1n) is 7.17. The van der Waals surface area contributed by atoms with Gasteiger partial charge in [-0.05, 0) is 18.1 Å². The Bertz CT molecular complexity index is 412. The predicted octanol–water partition coefficient (Wildman–Crippen LogP) is 1.04. The van der Waals surface area contributed by atoms with E-state index in [9.17, 15) is 0 Å². The van der Waals surface area contributed by atoms with Gasteiger partial charge < -0.3 is 15.0 Å². The molecule has 2 fully saturated rings. The largest absolute Gasteiger partial charge is 0.497 e. The number of nitrogens with one attached hydrogen (secondary N) is 1. The molecule has 1 N–H and O–H groups in total. The zero-order valence-electron chi connectivity index (χ0n) is 11.6. The fourth-order valence-corrected chi connectivity index (χ4v) is 2.84. The van der Waals surface area contributed by atoms with Crippen molar-refractivity contribution in [2.45, 2.75) is 0 Å². The lowest BCUT2D eigenvalue weighted by molar-refractivity contribution is 0.184. The monoisotopic (exact) mass is 261 g/mol. The van der Waals surface area contributed by atoms with Crippen molar-refractivity contribution >= 4 is 5.69 Å². The van der Waals surface area contributed by atoms with Crippen LogP contribution >= 0.6 is 0 Å². The second kappa shape index (κ2) is 5.80. The van der Waals surface area contributed by atoms with Crippen LogP contribution in [0.1, 0.15) is 0 Å². The summed E-state index contributed by atoms with van der Waals surface area (Å²) in [7, 11) is 1.73. The summed E-state index contributed by atoms with van der Waals surface area (Å²) >= 11 is 0. The average Bonchev–Trinajstić information content (AvgIpc) is 2.44. The fraction of sp³-hybridized carbons (Fsp3) is 0.600. The third kappa shape index (κ3) is 3.01. The molecule has 0 spiro atoms. The Morgan fingerprint density at radius 3 is 2.63 bits per heavy atom. The third-order valence-electron chi connectivity index (χ3n) is 4.17. The Hall–Kier alpha value is -1.26. The highest BCUT2D eigenvalue weighted by Crippen LogP contribution is 2.22. The molecule has 4 nitrogen and oxygen atoms in total. The number of ether oxygens (including phenoxy) is 1. The van der Waals surface area contributed by atoms with Crippen LogP contribution < -0.4 is 15.0 Å². The van der Waals surface area contributed by atoms with E-state index >= 15 is 0 Å². The summed E-state index contributed by atoms with van der Waals surface area (Å²) < 4.78 is 5.30. The van der Waals surface area contributed by atoms with Crippen molar-refractivity contribution in [2.75, 3.05) is 57.8 Å². The minimum Gasteiger partial charge on any atom is -0.497 e. The molecule has 0 radical (unpaired) electrons. The lowest BCUT2D eigenvalue weighted by Crippen LogP contribution is -2.53. The lowest BCUT2D eigenvalue weighted by Gasteiger charge is -2.39. The van der Waals surface area contributed by atoms with E-state index in [2.05, 4.69) is 33.3 Å². The van der Waals surface area contributed by atoms with Gasteiger partial charge in [0.1, 0.15) is 5.75 Å². The first-order valence-corrected chi connectivity index (χ1v) is 7.17. The van der Waals surface area contributed by atoms with Crippen molar-refractivity contribution in [3.8, 4) is 5.75 Å². The molecule has 0 unspecified atom stereocenters. The normalized spacial score (nSPS) is 21.2. The van der Waals surface area contributed by atoms with Crippen molar-refractivity contribution in [2.24, 2.45) is 5.92 Å². The van der Waals surface area contributed by atoms with Crippen molar-refractivity contribution < 1.29 is 4.74 Å². The van der Waals surface area contributed by atoms with Gasteiger partial charge in [0, 0.05) is 57.6 Å². The van der Waals surface area contributed by atoms with Gasteiger partial charge in [0.2, 0.25) is 0 Å². The second-order valence-electron chi connectivity index (χ2n) is 5.51. The Kier molecular flexibility index (Phi) is 3.89. The maximum Gasteiger partial charge on any atom is 0.120 e. The SMILES string of the molecule is COc1cccc(N2CCN(CC3CNC3)CC2)c1. The summed E-state index contributed by atoms with van der Waals surface area (Å²) in [6.07, 6.45) is 0. The molecule has 1 aromatic carbocycles. The van der Waals surface area contributed by atoms with E-state index in [4.69, 9.17) is 4.74 Å². The highest BCUT2D eigenvalue weighted by Gasteiger charge is 2.23. The number of methoxy groups -OCH3 is 1. The highest BCUT2D eigenvalue weighted by atomic mass is 16.5. The number of hydrogen-bond acceptors (Lipinski definition) is 4. The molecule has 19 heavy (non-hydrogen) atoms. The van der Waals surface area contributed by atoms with Gasteiger partial charge in [-0.1, -0.05) is 6.07 Å². The van der Waals surface area contributed by atoms with Crippen LogP contribution in [0, 0.1) is 5.92 Å². The van der Waals surface area contributed by atoms with Crippen molar-refractivity contribution in [3.63, 3.8) is 0 Å². The first kappa shape index (κ1) is 12.8. The standard InChI is InChI=1S/C15H23N3O/c1-19-15-4-2-3-14(9-15)18-7-5-17(6-8-18)12-13-10-16-11-13/h2-4,9,13,16H,5-8,10-12H2,1H3. The number of hydrogen-bond donors (Lipinski definition) is 1. The maximum absolute atomic E-state index is 5.30. The summed E-state index contributed by atoms with van der Waals surface area (Å²) in [5.41, 5.74) is 1.28. The van der Waals surface area contributed by atoms with Crippen LogP contribution in [0.4, 0.5) is 5.69 Å². The molecule has 0 aliphatic carbocycles. The summed E-state index contributed by atoms with van der Waals surface area (Å²) in [5.74, 6) is 1.82. The minimum atomic E-state index is 0.878. The Morgan fingerprint density at radius 2 is 2.00 bits per heavy atom. The van der Waals surface area contributed by atoms with Gasteiger partial charge in [0.15, 0.2) is 0 Å². The number of anilines is 1. The van der Waals surface area contributed by atoms with Gasteiger partial charge >= 0.3 is 0 Å². The summed E-state index contributed by atoms with van der Waals surface area (Å²) in [4.78, 5) is 5.06. The fourth-order valence-electron chi connectivity index (χ4n) is 2.84. The summed E-state index contributed by atoms with van der Waals surface area (Å²) in [6, 6.07) is 8.38. The smallest absolute Gasteiger partial charge is 0.120 e. The average molecular weight is 261 g/mol. The maximum atomic E-state index is 5.30. The van der Waals surface area contributed by atoms with E-state index < -0.39 is 0 Å². The molecule has 4 heteroatoms. The van der Waals surface area contributed by atoms with Crippen LogP contribution in [-0.4, -0.2) is 57.8 Å². The zero-order chi connectivity index (χ0) is 13.1. The van der Waals surface area contributed by atoms with Crippen molar-refractivity contribution in [1.82, 2.24) is 10.2 Å². The van der Waals surface area contributed by atoms with Gasteiger partial charge in [0.25, 0.3) is 0 Å². The molecule has 104 valence electrons. The van der Waals surface area contributed by atoms with Gasteiger partial charge in [-0.15, -0.1) is 0 Å². The molecule has 0 amide bonds. The summed E-state index contributed by atoms with van der Waals surface area (Å²) in [5, 5.41) is 3.35. The Morgan fingerprint density at radius 1 is 1.21 bits per heavy atom. The van der Waals surface area contributed by atoms with Crippen LogP contribution in [0.3, 0.4) is 0 Å². The van der Waals surface area contributed by atoms with E-state index in [-0.39, 0.29) is 0 Å². The minimum absolute atomic E-state index is 0.878. The zero-order valence-corrected chi connectivity index (χ0v) is 11.6. The molecule has 2 heterocycles. The van der Waals surface area contributed by atoms with Crippen molar-refractivity contribution in [3.05, 3.63) is 24.3 Å². The van der Waals surface area contributed by atoms with E-state index in [0.717, 1.165) is 24.8 Å². The summed E-state index contributed by atoms with van der Waals surface area (Å²) in [6.45, 7) is 8.26. The quantitative estimate of drug-likeness (QED) is 0.876. The van der Waals surface area contributed by atoms with E-state index in [1.54, 1.807) is 7.11 Å². The van der Waals surface area contributed by atoms with Crippen LogP contribution in [0.25, 0.3) is 0 Å². The molecule has 0 atom stereocenters. The highest BCUT2D eigenvalue weighted by molar-refractivity contribution is 5.51. The number of piperazine rings is 1. The topological polar surface area (TPSA) is 27.7 Å². The molecule has 0 saturated carbocycles. The first-order chi connectivity index (χ1) is 9.35. The Labute approximate surface area is 115 Å². The lowest BCUT2D eigenvalue weighted by atomic mass is 10.0. The van der Waals surface area contributed by atoms with Crippen LogP contribution in [0.15, 0.2) is 24.3 Å². The molecule has 2 saturated heterocycles. The third-order valence-corrected chi connectivity index (χ3v) is 4.17. The Balaban J connectivity index is 1.53. The number of nitrogens with zero attached hydrogens (tertiary/aromatic N) is 2. The number of rotatable bonds is 4.